The number of nitrogens with one attached hydrogen (secondary N) is 1. The van der Waals surface area contributed by atoms with Crippen LogP contribution in [-0.4, -0.2) is 39.0 Å². The standard InChI is InChI=1S/C8H19N2O4PS/c1-3-4-16-5-7(9)8(11)10-6(2)15(12,13)14/h6-7H,3-5,9H2,1-2H3,(H,10,11)(H2,12,13,14)/t6-,7-/m0/s1. The summed E-state index contributed by atoms with van der Waals surface area (Å²) in [7, 11) is -4.28. The Morgan fingerprint density at radius 1 is 1.56 bits per heavy atom. The van der Waals surface area contributed by atoms with E-state index in [2.05, 4.69) is 5.32 Å². The van der Waals surface area contributed by atoms with Gasteiger partial charge in [-0.1, -0.05) is 6.92 Å². The molecule has 0 bridgehead atoms. The molecule has 0 saturated heterocycles. The van der Waals surface area contributed by atoms with Crippen LogP contribution in [0.4, 0.5) is 0 Å². The molecule has 0 spiro atoms. The van der Waals surface area contributed by atoms with Crippen molar-refractivity contribution in [2.75, 3.05) is 11.5 Å². The van der Waals surface area contributed by atoms with Crippen LogP contribution in [0, 0.1) is 0 Å². The molecule has 96 valence electrons. The average molecular weight is 270 g/mol. The van der Waals surface area contributed by atoms with Gasteiger partial charge in [-0.05, 0) is 19.1 Å². The maximum Gasteiger partial charge on any atom is 0.347 e. The number of hydrogen-bond donors (Lipinski definition) is 4. The summed E-state index contributed by atoms with van der Waals surface area (Å²) in [5.41, 5.74) is 5.56. The molecule has 2 atom stereocenters. The second-order valence-electron chi connectivity index (χ2n) is 3.46. The highest BCUT2D eigenvalue weighted by Crippen LogP contribution is 2.39. The lowest BCUT2D eigenvalue weighted by molar-refractivity contribution is -0.122. The Morgan fingerprint density at radius 2 is 2.12 bits per heavy atom. The first kappa shape index (κ1) is 15.9. The maximum absolute atomic E-state index is 11.4. The molecule has 0 aromatic rings. The SMILES string of the molecule is CCCSC[C@H](N)C(=O)N[C@H](C)P(=O)(O)O. The van der Waals surface area contributed by atoms with Crippen LogP contribution < -0.4 is 11.1 Å². The van der Waals surface area contributed by atoms with Crippen LogP contribution in [-0.2, 0) is 9.36 Å². The lowest BCUT2D eigenvalue weighted by Gasteiger charge is -2.18. The molecule has 0 unspecified atom stereocenters. The van der Waals surface area contributed by atoms with Gasteiger partial charge in [-0.3, -0.25) is 9.36 Å². The van der Waals surface area contributed by atoms with Crippen LogP contribution in [0.1, 0.15) is 20.3 Å². The van der Waals surface area contributed by atoms with Crippen molar-refractivity contribution < 1.29 is 19.1 Å². The van der Waals surface area contributed by atoms with Gasteiger partial charge in [-0.25, -0.2) is 0 Å². The summed E-state index contributed by atoms with van der Waals surface area (Å²) in [6, 6.07) is -0.731. The molecule has 0 aliphatic carbocycles. The van der Waals surface area contributed by atoms with Gasteiger partial charge in [0.25, 0.3) is 0 Å². The fraction of sp³-hybridized carbons (Fsp3) is 0.875. The summed E-state index contributed by atoms with van der Waals surface area (Å²) in [6.07, 6.45) is 0.998. The monoisotopic (exact) mass is 270 g/mol. The molecule has 0 aliphatic rings. The third kappa shape index (κ3) is 6.50. The summed E-state index contributed by atoms with van der Waals surface area (Å²) in [4.78, 5) is 29.0. The summed E-state index contributed by atoms with van der Waals surface area (Å²) in [5, 5.41) is 2.21. The Balaban J connectivity index is 4.01. The average Bonchev–Trinajstić information content (AvgIpc) is 2.16. The molecule has 0 aromatic heterocycles. The van der Waals surface area contributed by atoms with Gasteiger partial charge in [-0.2, -0.15) is 11.8 Å². The minimum absolute atomic E-state index is 0.452. The highest BCUT2D eigenvalue weighted by atomic mass is 32.2. The zero-order valence-corrected chi connectivity index (χ0v) is 11.1. The second kappa shape index (κ2) is 7.29. The lowest BCUT2D eigenvalue weighted by Crippen LogP contribution is -2.45. The van der Waals surface area contributed by atoms with Crippen LogP contribution >= 0.6 is 19.4 Å². The number of carbonyl (C=O) groups excluding carboxylic acids is 1. The fourth-order valence-corrected chi connectivity index (χ4v) is 1.98. The minimum atomic E-state index is -4.28. The zero-order valence-electron chi connectivity index (χ0n) is 9.42. The first-order chi connectivity index (χ1) is 7.29. The molecule has 8 heteroatoms. The molecule has 16 heavy (non-hydrogen) atoms. The Bertz CT molecular complexity index is 271. The number of amides is 1. The van der Waals surface area contributed by atoms with Gasteiger partial charge in [0, 0.05) is 5.75 Å². The first-order valence-corrected chi connectivity index (χ1v) is 7.81. The summed E-state index contributed by atoms with van der Waals surface area (Å²) in [6.45, 7) is 3.28. The number of carbonyl (C=O) groups is 1. The van der Waals surface area contributed by atoms with E-state index in [1.807, 2.05) is 6.92 Å². The maximum atomic E-state index is 11.4. The largest absolute Gasteiger partial charge is 0.347 e. The summed E-state index contributed by atoms with van der Waals surface area (Å²) in [5.74, 6) is -0.357. The van der Waals surface area contributed by atoms with Gasteiger partial charge < -0.3 is 20.8 Å². The van der Waals surface area contributed by atoms with E-state index >= 15 is 0 Å². The van der Waals surface area contributed by atoms with Crippen molar-refractivity contribution in [3.63, 3.8) is 0 Å². The van der Waals surface area contributed by atoms with Crippen molar-refractivity contribution >= 4 is 25.3 Å². The van der Waals surface area contributed by atoms with Crippen LogP contribution in [0.2, 0.25) is 0 Å². The van der Waals surface area contributed by atoms with E-state index in [1.54, 1.807) is 11.8 Å². The number of rotatable bonds is 7. The molecule has 0 rings (SSSR count). The van der Waals surface area contributed by atoms with E-state index in [-0.39, 0.29) is 0 Å². The van der Waals surface area contributed by atoms with E-state index in [0.717, 1.165) is 12.2 Å². The molecular weight excluding hydrogens is 251 g/mol. The third-order valence-electron chi connectivity index (χ3n) is 1.84. The van der Waals surface area contributed by atoms with Gasteiger partial charge in [0.1, 0.15) is 5.78 Å². The highest BCUT2D eigenvalue weighted by Gasteiger charge is 2.27. The Kier molecular flexibility index (Phi) is 7.26. The molecule has 0 fully saturated rings. The molecule has 5 N–H and O–H groups in total. The number of thioether (sulfide) groups is 1. The van der Waals surface area contributed by atoms with E-state index in [9.17, 15) is 9.36 Å². The van der Waals surface area contributed by atoms with Gasteiger partial charge in [0.05, 0.1) is 6.04 Å². The molecule has 0 radical (unpaired) electrons. The molecule has 0 saturated carbocycles. The fourth-order valence-electron chi connectivity index (χ4n) is 0.827. The smallest absolute Gasteiger partial charge is 0.341 e. The minimum Gasteiger partial charge on any atom is -0.341 e. The number of nitrogens with two attached hydrogens (primary N) is 1. The van der Waals surface area contributed by atoms with E-state index in [0.29, 0.717) is 5.75 Å². The Labute approximate surface area is 99.5 Å². The van der Waals surface area contributed by atoms with Crippen LogP contribution in [0.3, 0.4) is 0 Å². The van der Waals surface area contributed by atoms with Gasteiger partial charge in [0.15, 0.2) is 0 Å². The molecule has 0 heterocycles. The summed E-state index contributed by atoms with van der Waals surface area (Å²) >= 11 is 1.54. The highest BCUT2D eigenvalue weighted by molar-refractivity contribution is 7.99. The first-order valence-electron chi connectivity index (χ1n) is 4.98. The lowest BCUT2D eigenvalue weighted by atomic mass is 10.3. The molecule has 6 nitrogen and oxygen atoms in total. The van der Waals surface area contributed by atoms with Crippen LogP contribution in [0.15, 0.2) is 0 Å². The van der Waals surface area contributed by atoms with Crippen molar-refractivity contribution in [3.8, 4) is 0 Å². The molecule has 0 aromatic carbocycles. The molecule has 0 aliphatic heterocycles. The number of hydrogen-bond acceptors (Lipinski definition) is 4. The van der Waals surface area contributed by atoms with Crippen LogP contribution in [0.5, 0.6) is 0 Å². The second-order valence-corrected chi connectivity index (χ2v) is 6.56. The van der Waals surface area contributed by atoms with Crippen molar-refractivity contribution in [2.24, 2.45) is 5.73 Å². The van der Waals surface area contributed by atoms with E-state index < -0.39 is 25.3 Å². The molecular formula is C8H19N2O4PS. The van der Waals surface area contributed by atoms with E-state index in [1.165, 1.54) is 6.92 Å². The van der Waals surface area contributed by atoms with Gasteiger partial charge in [-0.15, -0.1) is 0 Å². The Hall–Kier alpha value is -0.0700. The van der Waals surface area contributed by atoms with E-state index in [4.69, 9.17) is 15.5 Å². The van der Waals surface area contributed by atoms with Crippen molar-refractivity contribution in [3.05, 3.63) is 0 Å². The quantitative estimate of drug-likeness (QED) is 0.385. The van der Waals surface area contributed by atoms with Gasteiger partial charge >= 0.3 is 7.60 Å². The third-order valence-corrected chi connectivity index (χ3v) is 4.27. The predicted molar refractivity (Wildman–Crippen MR) is 65.2 cm³/mol. The van der Waals surface area contributed by atoms with Gasteiger partial charge in [0.2, 0.25) is 5.91 Å². The zero-order chi connectivity index (χ0) is 12.8. The molecule has 1 amide bonds. The van der Waals surface area contributed by atoms with Crippen molar-refractivity contribution in [1.82, 2.24) is 5.32 Å². The topological polar surface area (TPSA) is 113 Å². The summed E-state index contributed by atoms with van der Waals surface area (Å²) < 4.78 is 10.8. The Morgan fingerprint density at radius 3 is 2.56 bits per heavy atom. The predicted octanol–water partition coefficient (Wildman–Crippen LogP) is 0.0968. The van der Waals surface area contributed by atoms with Crippen molar-refractivity contribution in [1.29, 1.82) is 0 Å². The normalized spacial score (nSPS) is 15.6. The van der Waals surface area contributed by atoms with Crippen LogP contribution in [0.25, 0.3) is 0 Å². The van der Waals surface area contributed by atoms with Crippen molar-refractivity contribution in [2.45, 2.75) is 32.1 Å².